The molecule has 2 N–H and O–H groups in total. The first-order valence-corrected chi connectivity index (χ1v) is 6.75. The zero-order valence-corrected chi connectivity index (χ0v) is 11.2. The molecular weight excluding hydrogens is 244 g/mol. The molecule has 0 saturated carbocycles. The summed E-state index contributed by atoms with van der Waals surface area (Å²) in [5.41, 5.74) is 0.328. The minimum absolute atomic E-state index is 0.127. The van der Waals surface area contributed by atoms with Gasteiger partial charge < -0.3 is 15.4 Å². The molecule has 2 rings (SSSR count). The average Bonchev–Trinajstić information content (AvgIpc) is 2.46. The van der Waals surface area contributed by atoms with Crippen molar-refractivity contribution in [1.82, 2.24) is 15.3 Å². The van der Waals surface area contributed by atoms with Crippen LogP contribution in [0.15, 0.2) is 12.4 Å². The third-order valence-electron chi connectivity index (χ3n) is 2.99. The maximum absolute atomic E-state index is 11.9. The summed E-state index contributed by atoms with van der Waals surface area (Å²) in [7, 11) is 0. The smallest absolute Gasteiger partial charge is 0.271 e. The Morgan fingerprint density at radius 2 is 2.37 bits per heavy atom. The van der Waals surface area contributed by atoms with Crippen LogP contribution in [0.25, 0.3) is 0 Å². The second-order valence-corrected chi connectivity index (χ2v) is 4.52. The van der Waals surface area contributed by atoms with Crippen molar-refractivity contribution < 1.29 is 9.53 Å². The van der Waals surface area contributed by atoms with Gasteiger partial charge in [-0.2, -0.15) is 0 Å². The van der Waals surface area contributed by atoms with E-state index in [1.165, 1.54) is 6.20 Å². The summed E-state index contributed by atoms with van der Waals surface area (Å²) in [6, 6.07) is 0. The first-order chi connectivity index (χ1) is 9.29. The largest absolute Gasteiger partial charge is 0.376 e. The lowest BCUT2D eigenvalue weighted by Gasteiger charge is -2.22. The van der Waals surface area contributed by atoms with Crippen LogP contribution in [0.1, 0.15) is 36.7 Å². The molecule has 1 fully saturated rings. The van der Waals surface area contributed by atoms with Crippen molar-refractivity contribution in [3.8, 4) is 0 Å². The quantitative estimate of drug-likeness (QED) is 0.836. The van der Waals surface area contributed by atoms with Crippen LogP contribution in [0.4, 0.5) is 5.82 Å². The van der Waals surface area contributed by atoms with Gasteiger partial charge in [0.25, 0.3) is 5.91 Å². The average molecular weight is 264 g/mol. The molecule has 2 heterocycles. The molecule has 0 radical (unpaired) electrons. The Morgan fingerprint density at radius 1 is 1.47 bits per heavy atom. The van der Waals surface area contributed by atoms with Crippen molar-refractivity contribution in [1.29, 1.82) is 0 Å². The minimum Gasteiger partial charge on any atom is -0.376 e. The van der Waals surface area contributed by atoms with E-state index < -0.39 is 0 Å². The van der Waals surface area contributed by atoms with Crippen LogP contribution in [-0.2, 0) is 4.74 Å². The molecule has 1 saturated heterocycles. The summed E-state index contributed by atoms with van der Waals surface area (Å²) >= 11 is 0. The van der Waals surface area contributed by atoms with Crippen molar-refractivity contribution in [2.75, 3.05) is 25.0 Å². The molecular formula is C13H20N4O2. The van der Waals surface area contributed by atoms with Gasteiger partial charge in [0.2, 0.25) is 0 Å². The van der Waals surface area contributed by atoms with E-state index in [4.69, 9.17) is 4.74 Å². The lowest BCUT2D eigenvalue weighted by molar-refractivity contribution is 0.0168. The van der Waals surface area contributed by atoms with Crippen LogP contribution in [0, 0.1) is 0 Å². The van der Waals surface area contributed by atoms with Crippen molar-refractivity contribution in [3.05, 3.63) is 18.1 Å². The second kappa shape index (κ2) is 7.04. The van der Waals surface area contributed by atoms with Crippen LogP contribution >= 0.6 is 0 Å². The molecule has 1 aliphatic heterocycles. The number of hydrogen-bond acceptors (Lipinski definition) is 5. The Bertz CT molecular complexity index is 419. The summed E-state index contributed by atoms with van der Waals surface area (Å²) < 4.78 is 5.56. The van der Waals surface area contributed by atoms with E-state index in [1.54, 1.807) is 6.20 Å². The topological polar surface area (TPSA) is 76.1 Å². The van der Waals surface area contributed by atoms with Gasteiger partial charge in [-0.05, 0) is 26.2 Å². The fourth-order valence-electron chi connectivity index (χ4n) is 2.01. The summed E-state index contributed by atoms with van der Waals surface area (Å²) in [5.74, 6) is 0.408. The number of hydrogen-bond donors (Lipinski definition) is 2. The van der Waals surface area contributed by atoms with E-state index in [0.717, 1.165) is 32.4 Å². The highest BCUT2D eigenvalue weighted by Gasteiger charge is 2.16. The number of nitrogens with one attached hydrogen (secondary N) is 2. The number of nitrogens with zero attached hydrogens (tertiary/aromatic N) is 2. The lowest BCUT2D eigenvalue weighted by atomic mass is 10.1. The number of carbonyl (C=O) groups excluding carboxylic acids is 1. The number of aromatic nitrogens is 2. The molecule has 1 aromatic heterocycles. The Balaban J connectivity index is 1.86. The van der Waals surface area contributed by atoms with Crippen molar-refractivity contribution >= 4 is 11.7 Å². The molecule has 0 bridgehead atoms. The van der Waals surface area contributed by atoms with Gasteiger partial charge in [0.15, 0.2) is 0 Å². The molecule has 104 valence electrons. The number of carbonyl (C=O) groups is 1. The Kier molecular flexibility index (Phi) is 5.09. The van der Waals surface area contributed by atoms with Crippen LogP contribution in [-0.4, -0.2) is 41.7 Å². The van der Waals surface area contributed by atoms with Gasteiger partial charge in [0, 0.05) is 19.7 Å². The summed E-state index contributed by atoms with van der Waals surface area (Å²) in [6.45, 7) is 4.03. The molecule has 6 heteroatoms. The van der Waals surface area contributed by atoms with E-state index in [9.17, 15) is 4.79 Å². The zero-order chi connectivity index (χ0) is 13.5. The SMILES string of the molecule is CCNc1cncc(C(=O)NCC2CCCCO2)n1. The molecule has 1 aromatic rings. The zero-order valence-electron chi connectivity index (χ0n) is 11.2. The first-order valence-electron chi connectivity index (χ1n) is 6.75. The summed E-state index contributed by atoms with van der Waals surface area (Å²) in [5, 5.41) is 5.87. The molecule has 19 heavy (non-hydrogen) atoms. The predicted octanol–water partition coefficient (Wildman–Crippen LogP) is 1.21. The lowest BCUT2D eigenvalue weighted by Crippen LogP contribution is -2.35. The van der Waals surface area contributed by atoms with Crippen LogP contribution in [0.2, 0.25) is 0 Å². The van der Waals surface area contributed by atoms with Gasteiger partial charge in [-0.1, -0.05) is 0 Å². The predicted molar refractivity (Wildman–Crippen MR) is 72.1 cm³/mol. The van der Waals surface area contributed by atoms with E-state index in [1.807, 2.05) is 6.92 Å². The highest BCUT2D eigenvalue weighted by Crippen LogP contribution is 2.11. The minimum atomic E-state index is -0.207. The van der Waals surface area contributed by atoms with Crippen LogP contribution in [0.3, 0.4) is 0 Å². The van der Waals surface area contributed by atoms with Gasteiger partial charge >= 0.3 is 0 Å². The Morgan fingerprint density at radius 3 is 3.11 bits per heavy atom. The van der Waals surface area contributed by atoms with Gasteiger partial charge in [-0.25, -0.2) is 4.98 Å². The van der Waals surface area contributed by atoms with Crippen LogP contribution in [0.5, 0.6) is 0 Å². The van der Waals surface area contributed by atoms with Crippen molar-refractivity contribution in [2.24, 2.45) is 0 Å². The highest BCUT2D eigenvalue weighted by molar-refractivity contribution is 5.92. The Hall–Kier alpha value is -1.69. The van der Waals surface area contributed by atoms with Gasteiger partial charge in [0.1, 0.15) is 11.5 Å². The van der Waals surface area contributed by atoms with E-state index in [2.05, 4.69) is 20.6 Å². The molecule has 1 atom stereocenters. The monoisotopic (exact) mass is 264 g/mol. The third-order valence-corrected chi connectivity index (χ3v) is 2.99. The summed E-state index contributed by atoms with van der Waals surface area (Å²) in [4.78, 5) is 20.1. The molecule has 1 aliphatic rings. The molecule has 0 aromatic carbocycles. The van der Waals surface area contributed by atoms with Crippen molar-refractivity contribution in [2.45, 2.75) is 32.3 Å². The number of rotatable bonds is 5. The molecule has 1 unspecified atom stereocenters. The molecule has 0 aliphatic carbocycles. The van der Waals surface area contributed by atoms with E-state index in [0.29, 0.717) is 18.1 Å². The standard InChI is InChI=1S/C13H20N4O2/c1-2-15-12-9-14-8-11(17-12)13(18)16-7-10-5-3-4-6-19-10/h8-10H,2-7H2,1H3,(H,15,17)(H,16,18). The summed E-state index contributed by atoms with van der Waals surface area (Å²) in [6.07, 6.45) is 6.48. The van der Waals surface area contributed by atoms with E-state index in [-0.39, 0.29) is 12.0 Å². The number of ether oxygens (including phenoxy) is 1. The van der Waals surface area contributed by atoms with E-state index >= 15 is 0 Å². The molecule has 0 spiro atoms. The molecule has 6 nitrogen and oxygen atoms in total. The normalized spacial score (nSPS) is 18.9. The fourth-order valence-corrected chi connectivity index (χ4v) is 2.01. The number of amides is 1. The third kappa shape index (κ3) is 4.17. The fraction of sp³-hybridized carbons (Fsp3) is 0.615. The number of anilines is 1. The second-order valence-electron chi connectivity index (χ2n) is 4.52. The Labute approximate surface area is 113 Å². The van der Waals surface area contributed by atoms with Crippen LogP contribution < -0.4 is 10.6 Å². The van der Waals surface area contributed by atoms with Gasteiger partial charge in [0.05, 0.1) is 18.5 Å². The van der Waals surface area contributed by atoms with Crippen molar-refractivity contribution in [3.63, 3.8) is 0 Å². The maximum Gasteiger partial charge on any atom is 0.271 e. The van der Waals surface area contributed by atoms with Gasteiger partial charge in [-0.15, -0.1) is 0 Å². The first kappa shape index (κ1) is 13.7. The highest BCUT2D eigenvalue weighted by atomic mass is 16.5. The van der Waals surface area contributed by atoms with Gasteiger partial charge in [-0.3, -0.25) is 9.78 Å². The maximum atomic E-state index is 11.9. The molecule has 1 amide bonds.